The summed E-state index contributed by atoms with van der Waals surface area (Å²) in [5.74, 6) is 0.801. The van der Waals surface area contributed by atoms with Crippen molar-refractivity contribution in [1.29, 1.82) is 0 Å². The van der Waals surface area contributed by atoms with Crippen molar-refractivity contribution in [2.45, 2.75) is 18.8 Å². The molecule has 1 saturated heterocycles. The summed E-state index contributed by atoms with van der Waals surface area (Å²) in [5, 5.41) is 2.64. The van der Waals surface area contributed by atoms with Gasteiger partial charge >= 0.3 is 0 Å². The van der Waals surface area contributed by atoms with Gasteiger partial charge in [0.25, 0.3) is 11.3 Å². The highest BCUT2D eigenvalue weighted by molar-refractivity contribution is 5.34. The van der Waals surface area contributed by atoms with Crippen LogP contribution in [0.15, 0.2) is 10.9 Å². The molecule has 0 radical (unpaired) electrons. The first kappa shape index (κ1) is 10.3. The highest BCUT2D eigenvalue weighted by Crippen LogP contribution is 2.24. The molecule has 1 fully saturated rings. The molecule has 0 saturated carbocycles. The van der Waals surface area contributed by atoms with E-state index >= 15 is 0 Å². The number of nitrogens with one attached hydrogen (secondary N) is 1. The molecule has 1 aliphatic heterocycles. The van der Waals surface area contributed by atoms with Crippen LogP contribution in [0.25, 0.3) is 5.78 Å². The predicted molar refractivity (Wildman–Crippen MR) is 60.8 cm³/mol. The third-order valence-corrected chi connectivity index (χ3v) is 3.01. The summed E-state index contributed by atoms with van der Waals surface area (Å²) in [6.07, 6.45) is 1.78. The van der Waals surface area contributed by atoms with Gasteiger partial charge in [-0.05, 0) is 12.8 Å². The second-order valence-electron chi connectivity index (χ2n) is 4.15. The standard InChI is InChI=1S/C10H13N5O2/c11-9-13-10-12-7(5-8(16)15(10)14-9)6-1-3-17-4-2-6/h5-6H,1-4H2,(H3,11,12,13,14). The molecule has 90 valence electrons. The van der Waals surface area contributed by atoms with Gasteiger partial charge in [0.05, 0.1) is 5.69 Å². The van der Waals surface area contributed by atoms with Crippen molar-refractivity contribution in [3.8, 4) is 0 Å². The zero-order valence-corrected chi connectivity index (χ0v) is 9.22. The fourth-order valence-electron chi connectivity index (χ4n) is 2.12. The van der Waals surface area contributed by atoms with Gasteiger partial charge in [-0.25, -0.2) is 4.98 Å². The van der Waals surface area contributed by atoms with Gasteiger partial charge in [0.2, 0.25) is 5.95 Å². The van der Waals surface area contributed by atoms with Crippen molar-refractivity contribution >= 4 is 11.7 Å². The first-order valence-corrected chi connectivity index (χ1v) is 5.57. The number of nitrogens with two attached hydrogens (primary N) is 1. The van der Waals surface area contributed by atoms with Crippen LogP contribution in [0.3, 0.4) is 0 Å². The topological polar surface area (TPSA) is 98.3 Å². The molecule has 0 unspecified atom stereocenters. The van der Waals surface area contributed by atoms with E-state index < -0.39 is 0 Å². The van der Waals surface area contributed by atoms with E-state index in [2.05, 4.69) is 15.1 Å². The largest absolute Gasteiger partial charge is 0.381 e. The molecule has 1 aliphatic rings. The number of fused-ring (bicyclic) bond motifs is 1. The summed E-state index contributed by atoms with van der Waals surface area (Å²) in [6, 6.07) is 1.54. The first-order valence-electron chi connectivity index (χ1n) is 5.57. The maximum Gasteiger partial charge on any atom is 0.274 e. The predicted octanol–water partition coefficient (Wildman–Crippen LogP) is -0.106. The molecular weight excluding hydrogens is 222 g/mol. The van der Waals surface area contributed by atoms with Crippen LogP contribution in [0, 0.1) is 0 Å². The lowest BCUT2D eigenvalue weighted by atomic mass is 9.96. The molecule has 0 aromatic carbocycles. The van der Waals surface area contributed by atoms with Gasteiger partial charge in [-0.1, -0.05) is 0 Å². The van der Waals surface area contributed by atoms with E-state index in [9.17, 15) is 4.79 Å². The summed E-state index contributed by atoms with van der Waals surface area (Å²) in [5.41, 5.74) is 6.10. The monoisotopic (exact) mass is 235 g/mol. The Morgan fingerprint density at radius 3 is 2.94 bits per heavy atom. The zero-order valence-electron chi connectivity index (χ0n) is 9.22. The summed E-state index contributed by atoms with van der Waals surface area (Å²) >= 11 is 0. The normalized spacial score (nSPS) is 17.6. The Balaban J connectivity index is 2.08. The molecule has 0 aliphatic carbocycles. The van der Waals surface area contributed by atoms with Crippen LogP contribution in [-0.2, 0) is 4.74 Å². The van der Waals surface area contributed by atoms with Gasteiger partial charge in [-0.2, -0.15) is 9.50 Å². The fraction of sp³-hybridized carbons (Fsp3) is 0.500. The lowest BCUT2D eigenvalue weighted by Gasteiger charge is -2.20. The van der Waals surface area contributed by atoms with Crippen LogP contribution in [0.5, 0.6) is 0 Å². The van der Waals surface area contributed by atoms with Crippen molar-refractivity contribution < 1.29 is 4.74 Å². The van der Waals surface area contributed by atoms with Crippen LogP contribution in [0.1, 0.15) is 24.5 Å². The molecule has 2 aromatic rings. The second kappa shape index (κ2) is 3.85. The van der Waals surface area contributed by atoms with Gasteiger partial charge in [0, 0.05) is 25.2 Å². The van der Waals surface area contributed by atoms with Gasteiger partial charge in [0.15, 0.2) is 0 Å². The van der Waals surface area contributed by atoms with Gasteiger partial charge < -0.3 is 10.5 Å². The van der Waals surface area contributed by atoms with E-state index in [1.54, 1.807) is 6.07 Å². The molecule has 0 atom stereocenters. The van der Waals surface area contributed by atoms with Crippen LogP contribution in [0.2, 0.25) is 0 Å². The molecule has 3 N–H and O–H groups in total. The average Bonchev–Trinajstić information content (AvgIpc) is 2.71. The van der Waals surface area contributed by atoms with Crippen LogP contribution in [0.4, 0.5) is 5.95 Å². The number of anilines is 1. The number of hydrogen-bond donors (Lipinski definition) is 2. The summed E-state index contributed by atoms with van der Waals surface area (Å²) in [6.45, 7) is 1.43. The maximum absolute atomic E-state index is 11.8. The molecule has 0 bridgehead atoms. The highest BCUT2D eigenvalue weighted by atomic mass is 16.5. The van der Waals surface area contributed by atoms with Crippen molar-refractivity contribution in [3.63, 3.8) is 0 Å². The fourth-order valence-corrected chi connectivity index (χ4v) is 2.12. The quantitative estimate of drug-likeness (QED) is 0.718. The number of nitrogen functional groups attached to an aromatic ring is 1. The highest BCUT2D eigenvalue weighted by Gasteiger charge is 2.19. The number of nitrogens with zero attached hydrogens (tertiary/aromatic N) is 3. The van der Waals surface area contributed by atoms with Crippen LogP contribution in [-0.4, -0.2) is 32.8 Å². The second-order valence-corrected chi connectivity index (χ2v) is 4.15. The number of aromatic nitrogens is 4. The molecule has 17 heavy (non-hydrogen) atoms. The van der Waals surface area contributed by atoms with E-state index in [0.29, 0.717) is 19.0 Å². The SMILES string of the molecule is Nc1nc2nc(C3CCOCC3)cc(=O)n2[nH]1. The van der Waals surface area contributed by atoms with Crippen LogP contribution < -0.4 is 11.3 Å². The Kier molecular flexibility index (Phi) is 2.32. The lowest BCUT2D eigenvalue weighted by Crippen LogP contribution is -2.20. The zero-order chi connectivity index (χ0) is 11.8. The molecular formula is C10H13N5O2. The van der Waals surface area contributed by atoms with Crippen molar-refractivity contribution in [2.24, 2.45) is 0 Å². The lowest BCUT2D eigenvalue weighted by molar-refractivity contribution is 0.0845. The molecule has 7 nitrogen and oxygen atoms in total. The van der Waals surface area contributed by atoms with E-state index in [4.69, 9.17) is 10.5 Å². The molecule has 7 heteroatoms. The molecule has 0 spiro atoms. The summed E-state index contributed by atoms with van der Waals surface area (Å²) in [7, 11) is 0. The van der Waals surface area contributed by atoms with E-state index in [1.807, 2.05) is 0 Å². The molecule has 2 aromatic heterocycles. The Hall–Kier alpha value is -1.89. The third-order valence-electron chi connectivity index (χ3n) is 3.01. The van der Waals surface area contributed by atoms with E-state index in [1.165, 1.54) is 4.52 Å². The van der Waals surface area contributed by atoms with Crippen molar-refractivity contribution in [2.75, 3.05) is 18.9 Å². The Morgan fingerprint density at radius 2 is 2.18 bits per heavy atom. The van der Waals surface area contributed by atoms with Gasteiger partial charge in [-0.15, -0.1) is 0 Å². The number of H-pyrrole nitrogens is 1. The minimum absolute atomic E-state index is 0.180. The van der Waals surface area contributed by atoms with Crippen molar-refractivity contribution in [3.05, 3.63) is 22.1 Å². The molecule has 0 amide bonds. The number of ether oxygens (including phenoxy) is 1. The summed E-state index contributed by atoms with van der Waals surface area (Å²) < 4.78 is 6.54. The Morgan fingerprint density at radius 1 is 1.41 bits per heavy atom. The minimum Gasteiger partial charge on any atom is -0.381 e. The average molecular weight is 235 g/mol. The molecule has 3 rings (SSSR count). The maximum atomic E-state index is 11.8. The Bertz CT molecular complexity index is 596. The van der Waals surface area contributed by atoms with Crippen LogP contribution >= 0.6 is 0 Å². The number of hydrogen-bond acceptors (Lipinski definition) is 5. The van der Waals surface area contributed by atoms with Crippen molar-refractivity contribution in [1.82, 2.24) is 19.6 Å². The molecule has 3 heterocycles. The third kappa shape index (κ3) is 1.78. The van der Waals surface area contributed by atoms with Gasteiger partial charge in [-0.3, -0.25) is 9.89 Å². The number of aromatic amines is 1. The van der Waals surface area contributed by atoms with E-state index in [-0.39, 0.29) is 17.4 Å². The summed E-state index contributed by atoms with van der Waals surface area (Å²) in [4.78, 5) is 20.2. The first-order chi connectivity index (χ1) is 8.24. The smallest absolute Gasteiger partial charge is 0.274 e. The number of rotatable bonds is 1. The van der Waals surface area contributed by atoms with Gasteiger partial charge in [0.1, 0.15) is 0 Å². The minimum atomic E-state index is -0.180. The van der Waals surface area contributed by atoms with E-state index in [0.717, 1.165) is 18.5 Å². The Labute approximate surface area is 96.6 Å².